The summed E-state index contributed by atoms with van der Waals surface area (Å²) in [5.41, 5.74) is 6.17. The Labute approximate surface area is 109 Å². The molecule has 0 saturated carbocycles. The molecule has 6 heteroatoms. The van der Waals surface area contributed by atoms with Gasteiger partial charge >= 0.3 is 0 Å². The summed E-state index contributed by atoms with van der Waals surface area (Å²) in [7, 11) is 0. The van der Waals surface area contributed by atoms with Crippen molar-refractivity contribution in [2.24, 2.45) is 0 Å². The maximum atomic E-state index is 12.0. The zero-order valence-corrected chi connectivity index (χ0v) is 11.6. The van der Waals surface area contributed by atoms with Crippen LogP contribution in [-0.2, 0) is 4.79 Å². The van der Waals surface area contributed by atoms with E-state index in [2.05, 4.69) is 10.9 Å². The molecule has 0 heterocycles. The maximum absolute atomic E-state index is 12.0. The molecule has 0 aliphatic carbocycles. The fourth-order valence-corrected chi connectivity index (χ4v) is 1.22. The summed E-state index contributed by atoms with van der Waals surface area (Å²) in [6, 6.07) is 0. The average molecular weight is 259 g/mol. The van der Waals surface area contributed by atoms with E-state index in [1.165, 1.54) is 5.12 Å². The molecular weight excluding hydrogens is 234 g/mol. The van der Waals surface area contributed by atoms with Crippen LogP contribution in [0.3, 0.4) is 0 Å². The molecule has 6 nitrogen and oxygen atoms in total. The molecule has 0 aliphatic heterocycles. The summed E-state index contributed by atoms with van der Waals surface area (Å²) in [6.45, 7) is 7.43. The van der Waals surface area contributed by atoms with Crippen LogP contribution < -0.4 is 10.9 Å². The van der Waals surface area contributed by atoms with Gasteiger partial charge in [0.15, 0.2) is 0 Å². The molecular formula is C12H25N3O3. The molecule has 0 radical (unpaired) electrons. The van der Waals surface area contributed by atoms with Crippen molar-refractivity contribution >= 4 is 5.91 Å². The van der Waals surface area contributed by atoms with Gasteiger partial charge in [-0.25, -0.2) is 16.0 Å². The predicted molar refractivity (Wildman–Crippen MR) is 70.3 cm³/mol. The number of amides is 1. The van der Waals surface area contributed by atoms with Crippen molar-refractivity contribution in [3.63, 3.8) is 0 Å². The number of nitrogens with one attached hydrogen (secondary N) is 2. The van der Waals surface area contributed by atoms with Gasteiger partial charge in [0.1, 0.15) is 0 Å². The SMILES string of the molecule is CCC=C(C)C(=O)N(NCC(C)O)NCC(C)O. The largest absolute Gasteiger partial charge is 0.392 e. The molecule has 0 aromatic heterocycles. The van der Waals surface area contributed by atoms with Gasteiger partial charge in [-0.1, -0.05) is 13.0 Å². The Kier molecular flexibility index (Phi) is 8.57. The molecule has 0 fully saturated rings. The van der Waals surface area contributed by atoms with Crippen LogP contribution in [0.15, 0.2) is 11.6 Å². The van der Waals surface area contributed by atoms with E-state index in [4.69, 9.17) is 0 Å². The first kappa shape index (κ1) is 17.1. The number of aliphatic hydroxyl groups excluding tert-OH is 2. The Hall–Kier alpha value is -0.950. The average Bonchev–Trinajstić information content (AvgIpc) is 2.28. The summed E-state index contributed by atoms with van der Waals surface area (Å²) in [5.74, 6) is -0.224. The third kappa shape index (κ3) is 7.39. The minimum absolute atomic E-state index is 0.224. The van der Waals surface area contributed by atoms with Crippen LogP contribution in [0.2, 0.25) is 0 Å². The minimum atomic E-state index is -0.566. The topological polar surface area (TPSA) is 84.8 Å². The second-order valence-electron chi connectivity index (χ2n) is 4.36. The van der Waals surface area contributed by atoms with E-state index in [9.17, 15) is 15.0 Å². The van der Waals surface area contributed by atoms with E-state index in [1.54, 1.807) is 20.8 Å². The summed E-state index contributed by atoms with van der Waals surface area (Å²) in [5, 5.41) is 19.6. The quantitative estimate of drug-likeness (QED) is 0.362. The molecule has 2 unspecified atom stereocenters. The first-order valence-electron chi connectivity index (χ1n) is 6.22. The molecule has 0 saturated heterocycles. The van der Waals surface area contributed by atoms with Gasteiger partial charge < -0.3 is 10.2 Å². The third-order valence-electron chi connectivity index (χ3n) is 2.14. The highest BCUT2D eigenvalue weighted by Gasteiger charge is 2.15. The Bertz CT molecular complexity index is 266. The van der Waals surface area contributed by atoms with Crippen molar-refractivity contribution in [3.8, 4) is 0 Å². The van der Waals surface area contributed by atoms with Gasteiger partial charge in [-0.05, 0) is 27.2 Å². The second-order valence-corrected chi connectivity index (χ2v) is 4.36. The highest BCUT2D eigenvalue weighted by Crippen LogP contribution is 1.99. The fraction of sp³-hybridized carbons (Fsp3) is 0.750. The van der Waals surface area contributed by atoms with Crippen LogP contribution in [0, 0.1) is 0 Å². The number of hydrogen-bond acceptors (Lipinski definition) is 5. The molecule has 18 heavy (non-hydrogen) atoms. The van der Waals surface area contributed by atoms with Gasteiger partial charge in [0, 0.05) is 18.7 Å². The van der Waals surface area contributed by atoms with E-state index in [-0.39, 0.29) is 19.0 Å². The zero-order valence-electron chi connectivity index (χ0n) is 11.6. The van der Waals surface area contributed by atoms with Crippen molar-refractivity contribution in [1.29, 1.82) is 0 Å². The van der Waals surface area contributed by atoms with Crippen LogP contribution in [0.1, 0.15) is 34.1 Å². The van der Waals surface area contributed by atoms with Crippen molar-refractivity contribution in [2.45, 2.75) is 46.3 Å². The lowest BCUT2D eigenvalue weighted by molar-refractivity contribution is -0.135. The number of hydrazine groups is 2. The molecule has 1 amide bonds. The van der Waals surface area contributed by atoms with Crippen molar-refractivity contribution in [2.75, 3.05) is 13.1 Å². The van der Waals surface area contributed by atoms with Crippen LogP contribution >= 0.6 is 0 Å². The van der Waals surface area contributed by atoms with Gasteiger partial charge in [0.2, 0.25) is 0 Å². The number of carbonyl (C=O) groups excluding carboxylic acids is 1. The Morgan fingerprint density at radius 3 is 2.00 bits per heavy atom. The number of hydrogen-bond donors (Lipinski definition) is 4. The van der Waals surface area contributed by atoms with Gasteiger partial charge in [-0.15, -0.1) is 0 Å². The number of aliphatic hydroxyl groups is 2. The van der Waals surface area contributed by atoms with E-state index >= 15 is 0 Å². The van der Waals surface area contributed by atoms with Crippen molar-refractivity contribution in [3.05, 3.63) is 11.6 Å². The normalized spacial score (nSPS) is 15.3. The molecule has 0 aromatic carbocycles. The van der Waals surface area contributed by atoms with Crippen LogP contribution in [0.4, 0.5) is 0 Å². The van der Waals surface area contributed by atoms with E-state index in [0.29, 0.717) is 5.57 Å². The summed E-state index contributed by atoms with van der Waals surface area (Å²) >= 11 is 0. The molecule has 0 aliphatic rings. The molecule has 0 rings (SSSR count). The second kappa shape index (κ2) is 9.04. The summed E-state index contributed by atoms with van der Waals surface area (Å²) in [4.78, 5) is 12.0. The van der Waals surface area contributed by atoms with Crippen LogP contribution in [0.25, 0.3) is 0 Å². The van der Waals surface area contributed by atoms with Crippen molar-refractivity contribution < 1.29 is 15.0 Å². The monoisotopic (exact) mass is 259 g/mol. The number of carbonyl (C=O) groups is 1. The van der Waals surface area contributed by atoms with Crippen molar-refractivity contribution in [1.82, 2.24) is 16.0 Å². The smallest absolute Gasteiger partial charge is 0.278 e. The lowest BCUT2D eigenvalue weighted by Gasteiger charge is -2.25. The Morgan fingerprint density at radius 2 is 1.67 bits per heavy atom. The molecule has 2 atom stereocenters. The fourth-order valence-electron chi connectivity index (χ4n) is 1.22. The number of allylic oxidation sites excluding steroid dienone is 1. The molecule has 106 valence electrons. The first-order chi connectivity index (χ1) is 8.38. The first-order valence-corrected chi connectivity index (χ1v) is 6.22. The van der Waals surface area contributed by atoms with E-state index in [1.807, 2.05) is 13.0 Å². The lowest BCUT2D eigenvalue weighted by Crippen LogP contribution is -2.55. The molecule has 4 N–H and O–H groups in total. The van der Waals surface area contributed by atoms with E-state index < -0.39 is 12.2 Å². The zero-order chi connectivity index (χ0) is 14.1. The molecule has 0 spiro atoms. The lowest BCUT2D eigenvalue weighted by atomic mass is 10.2. The van der Waals surface area contributed by atoms with Crippen LogP contribution in [0.5, 0.6) is 0 Å². The number of rotatable bonds is 8. The predicted octanol–water partition coefficient (Wildman–Crippen LogP) is -0.0579. The van der Waals surface area contributed by atoms with Gasteiger partial charge in [-0.3, -0.25) is 4.79 Å². The highest BCUT2D eigenvalue weighted by atomic mass is 16.3. The standard InChI is InChI=1S/C12H25N3O3/c1-5-6-9(2)12(18)15(13-7-10(3)16)14-8-11(4)17/h6,10-11,13-14,16-17H,5,7-8H2,1-4H3. The minimum Gasteiger partial charge on any atom is -0.392 e. The summed E-state index contributed by atoms with van der Waals surface area (Å²) in [6.07, 6.45) is 1.47. The van der Waals surface area contributed by atoms with Gasteiger partial charge in [0.05, 0.1) is 12.2 Å². The van der Waals surface area contributed by atoms with E-state index in [0.717, 1.165) is 6.42 Å². The molecule has 0 aromatic rings. The van der Waals surface area contributed by atoms with Gasteiger partial charge in [-0.2, -0.15) is 0 Å². The van der Waals surface area contributed by atoms with Crippen LogP contribution in [-0.4, -0.2) is 46.5 Å². The maximum Gasteiger partial charge on any atom is 0.278 e. The number of nitrogens with zero attached hydrogens (tertiary/aromatic N) is 1. The Balaban J connectivity index is 4.52. The van der Waals surface area contributed by atoms with Gasteiger partial charge in [0.25, 0.3) is 5.91 Å². The third-order valence-corrected chi connectivity index (χ3v) is 2.14. The highest BCUT2D eigenvalue weighted by molar-refractivity contribution is 5.92. The summed E-state index contributed by atoms with van der Waals surface area (Å²) < 4.78 is 0. The Morgan fingerprint density at radius 1 is 1.22 bits per heavy atom. The molecule has 0 bridgehead atoms.